The van der Waals surface area contributed by atoms with E-state index in [-0.39, 0.29) is 11.6 Å². The zero-order valence-corrected chi connectivity index (χ0v) is 12.0. The number of hydrogen-bond acceptors (Lipinski definition) is 6. The van der Waals surface area contributed by atoms with Crippen molar-refractivity contribution in [3.05, 3.63) is 11.7 Å². The fraction of sp³-hybridized carbons (Fsp3) is 0.857. The van der Waals surface area contributed by atoms with Crippen LogP contribution in [-0.4, -0.2) is 35.6 Å². The van der Waals surface area contributed by atoms with Crippen molar-refractivity contribution in [1.82, 2.24) is 10.1 Å². The third-order valence-electron chi connectivity index (χ3n) is 4.55. The molecule has 1 atom stereocenters. The van der Waals surface area contributed by atoms with Crippen LogP contribution in [-0.2, 0) is 15.9 Å². The molecule has 1 heterocycles. The molecule has 20 heavy (non-hydrogen) atoms. The quantitative estimate of drug-likeness (QED) is 0.819. The molecule has 0 spiro atoms. The lowest BCUT2D eigenvalue weighted by Crippen LogP contribution is -2.41. The first kappa shape index (κ1) is 14.0. The molecule has 2 aliphatic rings. The van der Waals surface area contributed by atoms with Gasteiger partial charge in [0.05, 0.1) is 30.8 Å². The Hall–Kier alpha value is -0.980. The van der Waals surface area contributed by atoms with Crippen LogP contribution in [0.15, 0.2) is 4.52 Å². The summed E-state index contributed by atoms with van der Waals surface area (Å²) in [4.78, 5) is 4.38. The molecule has 2 fully saturated rings. The molecule has 1 unspecified atom stereocenters. The Labute approximate surface area is 119 Å². The average Bonchev–Trinajstić information content (AvgIpc) is 2.80. The SMILES string of the molecule is COC1(Cc2nc(C(N)COC3CCC3)no2)CCC1. The summed E-state index contributed by atoms with van der Waals surface area (Å²) in [5, 5.41) is 3.97. The predicted molar refractivity (Wildman–Crippen MR) is 72.1 cm³/mol. The molecule has 6 nitrogen and oxygen atoms in total. The normalized spacial score (nSPS) is 23.1. The summed E-state index contributed by atoms with van der Waals surface area (Å²) in [6.45, 7) is 0.457. The van der Waals surface area contributed by atoms with Crippen LogP contribution < -0.4 is 5.73 Å². The summed E-state index contributed by atoms with van der Waals surface area (Å²) >= 11 is 0. The van der Waals surface area contributed by atoms with Crippen molar-refractivity contribution in [3.8, 4) is 0 Å². The highest BCUT2D eigenvalue weighted by Gasteiger charge is 2.39. The number of methoxy groups -OCH3 is 1. The summed E-state index contributed by atoms with van der Waals surface area (Å²) in [5.74, 6) is 1.14. The lowest BCUT2D eigenvalue weighted by Gasteiger charge is -2.39. The van der Waals surface area contributed by atoms with Gasteiger partial charge in [0, 0.05) is 7.11 Å². The highest BCUT2D eigenvalue weighted by Crippen LogP contribution is 2.37. The molecule has 6 heteroatoms. The maximum Gasteiger partial charge on any atom is 0.229 e. The molecule has 3 rings (SSSR count). The summed E-state index contributed by atoms with van der Waals surface area (Å²) in [7, 11) is 1.74. The Kier molecular flexibility index (Phi) is 4.05. The molecular formula is C14H23N3O3. The maximum atomic E-state index is 6.04. The third-order valence-corrected chi connectivity index (χ3v) is 4.55. The Morgan fingerprint density at radius 2 is 2.20 bits per heavy atom. The van der Waals surface area contributed by atoms with Crippen molar-refractivity contribution in [2.45, 2.75) is 62.7 Å². The van der Waals surface area contributed by atoms with Gasteiger partial charge in [-0.1, -0.05) is 5.16 Å². The summed E-state index contributed by atoms with van der Waals surface area (Å²) in [5.41, 5.74) is 5.94. The van der Waals surface area contributed by atoms with Gasteiger partial charge < -0.3 is 19.7 Å². The smallest absolute Gasteiger partial charge is 0.229 e. The second-order valence-electron chi connectivity index (χ2n) is 5.96. The van der Waals surface area contributed by atoms with E-state index in [4.69, 9.17) is 19.7 Å². The molecule has 0 bridgehead atoms. The molecular weight excluding hydrogens is 258 g/mol. The Morgan fingerprint density at radius 1 is 1.40 bits per heavy atom. The zero-order chi connectivity index (χ0) is 14.0. The Balaban J connectivity index is 1.52. The van der Waals surface area contributed by atoms with Crippen molar-refractivity contribution in [2.75, 3.05) is 13.7 Å². The molecule has 0 amide bonds. The zero-order valence-electron chi connectivity index (χ0n) is 12.0. The standard InChI is InChI=1S/C14H23N3O3/c1-18-14(6-3-7-14)8-12-16-13(17-20-12)11(15)9-19-10-4-2-5-10/h10-11H,2-9,15H2,1H3. The minimum atomic E-state index is -0.312. The van der Waals surface area contributed by atoms with Gasteiger partial charge in [-0.25, -0.2) is 0 Å². The Morgan fingerprint density at radius 3 is 2.75 bits per heavy atom. The van der Waals surface area contributed by atoms with Gasteiger partial charge in [0.25, 0.3) is 0 Å². The molecule has 2 aliphatic carbocycles. The molecule has 2 N–H and O–H groups in total. The number of nitrogens with two attached hydrogens (primary N) is 1. The van der Waals surface area contributed by atoms with Gasteiger partial charge in [-0.3, -0.25) is 0 Å². The van der Waals surface area contributed by atoms with Gasteiger partial charge >= 0.3 is 0 Å². The maximum absolute atomic E-state index is 6.04. The van der Waals surface area contributed by atoms with Gasteiger partial charge in [-0.2, -0.15) is 4.98 Å². The first-order valence-corrected chi connectivity index (χ1v) is 7.46. The largest absolute Gasteiger partial charge is 0.378 e. The second kappa shape index (κ2) is 5.79. The minimum absolute atomic E-state index is 0.101. The Bertz CT molecular complexity index is 435. The number of rotatable bonds is 7. The second-order valence-corrected chi connectivity index (χ2v) is 5.96. The van der Waals surface area contributed by atoms with E-state index in [1.165, 1.54) is 12.8 Å². The summed E-state index contributed by atoms with van der Waals surface area (Å²) in [6, 6.07) is -0.312. The summed E-state index contributed by atoms with van der Waals surface area (Å²) < 4.78 is 16.5. The fourth-order valence-corrected chi connectivity index (χ4v) is 2.64. The van der Waals surface area contributed by atoms with Crippen LogP contribution in [0.5, 0.6) is 0 Å². The minimum Gasteiger partial charge on any atom is -0.378 e. The molecule has 0 aliphatic heterocycles. The molecule has 0 saturated heterocycles. The van der Waals surface area contributed by atoms with Crippen LogP contribution in [0.3, 0.4) is 0 Å². The van der Waals surface area contributed by atoms with E-state index in [9.17, 15) is 0 Å². The van der Waals surface area contributed by atoms with Gasteiger partial charge in [0.15, 0.2) is 5.82 Å². The number of aromatic nitrogens is 2. The summed E-state index contributed by atoms with van der Waals surface area (Å²) in [6.07, 6.45) is 7.89. The van der Waals surface area contributed by atoms with Crippen molar-refractivity contribution in [3.63, 3.8) is 0 Å². The van der Waals surface area contributed by atoms with Crippen molar-refractivity contribution >= 4 is 0 Å². The van der Waals surface area contributed by atoms with Crippen LogP contribution >= 0.6 is 0 Å². The van der Waals surface area contributed by atoms with E-state index in [1.807, 2.05) is 0 Å². The lowest BCUT2D eigenvalue weighted by molar-refractivity contribution is -0.0751. The highest BCUT2D eigenvalue weighted by molar-refractivity contribution is 5.00. The third kappa shape index (κ3) is 2.87. The first-order valence-electron chi connectivity index (χ1n) is 7.46. The van der Waals surface area contributed by atoms with E-state index < -0.39 is 0 Å². The van der Waals surface area contributed by atoms with Crippen LogP contribution in [0.2, 0.25) is 0 Å². The molecule has 0 radical (unpaired) electrons. The van der Waals surface area contributed by atoms with Crippen LogP contribution in [0.4, 0.5) is 0 Å². The first-order chi connectivity index (χ1) is 9.71. The van der Waals surface area contributed by atoms with Gasteiger partial charge in [0.1, 0.15) is 0 Å². The van der Waals surface area contributed by atoms with Crippen molar-refractivity contribution < 1.29 is 14.0 Å². The lowest BCUT2D eigenvalue weighted by atomic mass is 9.77. The van der Waals surface area contributed by atoms with Crippen LogP contribution in [0, 0.1) is 0 Å². The van der Waals surface area contributed by atoms with E-state index >= 15 is 0 Å². The van der Waals surface area contributed by atoms with Crippen LogP contribution in [0.25, 0.3) is 0 Å². The average molecular weight is 281 g/mol. The van der Waals surface area contributed by atoms with E-state index in [0.29, 0.717) is 30.8 Å². The molecule has 112 valence electrons. The number of nitrogens with zero attached hydrogens (tertiary/aromatic N) is 2. The number of hydrogen-bond donors (Lipinski definition) is 1. The highest BCUT2D eigenvalue weighted by atomic mass is 16.5. The number of ether oxygens (including phenoxy) is 2. The van der Waals surface area contributed by atoms with E-state index in [2.05, 4.69) is 10.1 Å². The topological polar surface area (TPSA) is 83.4 Å². The van der Waals surface area contributed by atoms with Gasteiger partial charge in [0.2, 0.25) is 5.89 Å². The molecule has 0 aromatic carbocycles. The predicted octanol–water partition coefficient (Wildman–Crippen LogP) is 1.75. The van der Waals surface area contributed by atoms with E-state index in [1.54, 1.807) is 7.11 Å². The fourth-order valence-electron chi connectivity index (χ4n) is 2.64. The van der Waals surface area contributed by atoms with Crippen molar-refractivity contribution in [1.29, 1.82) is 0 Å². The van der Waals surface area contributed by atoms with Gasteiger partial charge in [-0.05, 0) is 38.5 Å². The monoisotopic (exact) mass is 281 g/mol. The molecule has 1 aromatic heterocycles. The van der Waals surface area contributed by atoms with E-state index in [0.717, 1.165) is 25.7 Å². The van der Waals surface area contributed by atoms with Crippen molar-refractivity contribution in [2.24, 2.45) is 5.73 Å². The van der Waals surface area contributed by atoms with Crippen LogP contribution in [0.1, 0.15) is 56.3 Å². The van der Waals surface area contributed by atoms with Gasteiger partial charge in [-0.15, -0.1) is 0 Å². The molecule has 1 aromatic rings. The molecule has 2 saturated carbocycles.